The third-order valence-corrected chi connectivity index (χ3v) is 2.84. The smallest absolute Gasteiger partial charge is 0.123 e. The van der Waals surface area contributed by atoms with E-state index < -0.39 is 0 Å². The molecule has 0 radical (unpaired) electrons. The van der Waals surface area contributed by atoms with Crippen molar-refractivity contribution in [1.82, 2.24) is 10.6 Å². The summed E-state index contributed by atoms with van der Waals surface area (Å²) in [5, 5.41) is 7.53. The summed E-state index contributed by atoms with van der Waals surface area (Å²) >= 11 is 5.99. The van der Waals surface area contributed by atoms with Gasteiger partial charge >= 0.3 is 0 Å². The summed E-state index contributed by atoms with van der Waals surface area (Å²) in [6.07, 6.45) is 0. The van der Waals surface area contributed by atoms with Gasteiger partial charge in [0.05, 0.1) is 7.11 Å². The van der Waals surface area contributed by atoms with Gasteiger partial charge in [-0.05, 0) is 18.2 Å². The molecule has 1 aliphatic rings. The van der Waals surface area contributed by atoms with E-state index in [-0.39, 0.29) is 18.4 Å². The molecule has 16 heavy (non-hydrogen) atoms. The number of hydrogen-bond donors (Lipinski definition) is 2. The molecule has 0 unspecified atom stereocenters. The van der Waals surface area contributed by atoms with Crippen LogP contribution in [-0.2, 0) is 0 Å². The van der Waals surface area contributed by atoms with Crippen molar-refractivity contribution in [1.29, 1.82) is 0 Å². The Morgan fingerprint density at radius 2 is 2.19 bits per heavy atom. The fourth-order valence-electron chi connectivity index (χ4n) is 1.85. The minimum atomic E-state index is 0. The second-order valence-electron chi connectivity index (χ2n) is 3.60. The zero-order chi connectivity index (χ0) is 10.7. The lowest BCUT2D eigenvalue weighted by Crippen LogP contribution is -2.42. The van der Waals surface area contributed by atoms with Crippen LogP contribution in [0.3, 0.4) is 0 Å². The summed E-state index contributed by atoms with van der Waals surface area (Å²) in [4.78, 5) is 0. The number of halogens is 2. The van der Waals surface area contributed by atoms with Crippen molar-refractivity contribution in [2.45, 2.75) is 6.04 Å². The largest absolute Gasteiger partial charge is 0.496 e. The molecule has 1 fully saturated rings. The molecule has 1 aromatic rings. The predicted molar refractivity (Wildman–Crippen MR) is 68.9 cm³/mol. The first kappa shape index (κ1) is 13.6. The van der Waals surface area contributed by atoms with Crippen molar-refractivity contribution in [3.05, 3.63) is 28.8 Å². The second-order valence-corrected chi connectivity index (χ2v) is 4.03. The molecule has 1 heterocycles. The van der Waals surface area contributed by atoms with Gasteiger partial charge in [-0.2, -0.15) is 0 Å². The molecule has 3 nitrogen and oxygen atoms in total. The molecule has 0 spiro atoms. The van der Waals surface area contributed by atoms with E-state index in [0.717, 1.165) is 36.0 Å². The maximum Gasteiger partial charge on any atom is 0.123 e. The lowest BCUT2D eigenvalue weighted by Gasteiger charge is -2.26. The highest BCUT2D eigenvalue weighted by Crippen LogP contribution is 2.28. The Balaban J connectivity index is 0.00000128. The van der Waals surface area contributed by atoms with Crippen molar-refractivity contribution in [3.63, 3.8) is 0 Å². The summed E-state index contributed by atoms with van der Waals surface area (Å²) in [5.74, 6) is 0.889. The Morgan fingerprint density at radius 3 is 2.81 bits per heavy atom. The molecule has 0 aromatic heterocycles. The molecule has 0 amide bonds. The fourth-order valence-corrected chi connectivity index (χ4v) is 2.03. The van der Waals surface area contributed by atoms with E-state index in [1.54, 1.807) is 7.11 Å². The van der Waals surface area contributed by atoms with Crippen LogP contribution in [0.1, 0.15) is 11.6 Å². The van der Waals surface area contributed by atoms with Gasteiger partial charge in [0.15, 0.2) is 0 Å². The van der Waals surface area contributed by atoms with Crippen LogP contribution in [0.4, 0.5) is 0 Å². The third kappa shape index (κ3) is 3.01. The lowest BCUT2D eigenvalue weighted by molar-refractivity contribution is 0.382. The normalized spacial score (nSPS) is 20.0. The average Bonchev–Trinajstić information content (AvgIpc) is 2.30. The number of methoxy groups -OCH3 is 1. The summed E-state index contributed by atoms with van der Waals surface area (Å²) in [6, 6.07) is 6.01. The Morgan fingerprint density at radius 1 is 1.38 bits per heavy atom. The Bertz CT molecular complexity index is 341. The first-order valence-corrected chi connectivity index (χ1v) is 5.46. The van der Waals surface area contributed by atoms with Crippen molar-refractivity contribution in [3.8, 4) is 5.75 Å². The van der Waals surface area contributed by atoms with Crippen molar-refractivity contribution < 1.29 is 4.74 Å². The van der Waals surface area contributed by atoms with E-state index in [9.17, 15) is 0 Å². The standard InChI is InChI=1S/C11H15ClN2O.ClH/c1-15-11-3-2-8(12)6-9(11)10-7-13-4-5-14-10;/h2-3,6,10,13-14H,4-5,7H2,1H3;1H/t10-;/m0./s1. The number of rotatable bonds is 2. The van der Waals surface area contributed by atoms with Gasteiger partial charge in [0, 0.05) is 36.3 Å². The zero-order valence-electron chi connectivity index (χ0n) is 9.13. The number of ether oxygens (including phenoxy) is 1. The van der Waals surface area contributed by atoms with Crippen LogP contribution < -0.4 is 15.4 Å². The highest BCUT2D eigenvalue weighted by molar-refractivity contribution is 6.30. The minimum Gasteiger partial charge on any atom is -0.496 e. The number of piperazine rings is 1. The highest BCUT2D eigenvalue weighted by atomic mass is 35.5. The number of nitrogens with one attached hydrogen (secondary N) is 2. The molecule has 1 aliphatic heterocycles. The predicted octanol–water partition coefficient (Wildman–Crippen LogP) is 2.00. The Labute approximate surface area is 107 Å². The van der Waals surface area contributed by atoms with Crippen molar-refractivity contribution in [2.75, 3.05) is 26.7 Å². The van der Waals surface area contributed by atoms with Crippen LogP contribution >= 0.6 is 24.0 Å². The topological polar surface area (TPSA) is 33.3 Å². The molecule has 0 aliphatic carbocycles. The van der Waals surface area contributed by atoms with E-state index in [4.69, 9.17) is 16.3 Å². The molecule has 1 saturated heterocycles. The lowest BCUT2D eigenvalue weighted by atomic mass is 10.0. The zero-order valence-corrected chi connectivity index (χ0v) is 10.7. The second kappa shape index (κ2) is 6.30. The number of benzene rings is 1. The summed E-state index contributed by atoms with van der Waals surface area (Å²) < 4.78 is 5.33. The van der Waals surface area contributed by atoms with E-state index in [1.807, 2.05) is 18.2 Å². The van der Waals surface area contributed by atoms with E-state index in [2.05, 4.69) is 10.6 Å². The molecule has 2 rings (SSSR count). The van der Waals surface area contributed by atoms with Crippen LogP contribution in [0.15, 0.2) is 18.2 Å². The van der Waals surface area contributed by atoms with Gasteiger partial charge in [-0.1, -0.05) is 11.6 Å². The minimum absolute atomic E-state index is 0. The van der Waals surface area contributed by atoms with Crippen LogP contribution in [0.25, 0.3) is 0 Å². The van der Waals surface area contributed by atoms with Gasteiger partial charge in [-0.15, -0.1) is 12.4 Å². The van der Waals surface area contributed by atoms with E-state index in [1.165, 1.54) is 0 Å². The molecule has 2 N–H and O–H groups in total. The van der Waals surface area contributed by atoms with Crippen LogP contribution in [0.2, 0.25) is 5.02 Å². The van der Waals surface area contributed by atoms with Gasteiger partial charge in [0.1, 0.15) is 5.75 Å². The molecule has 5 heteroatoms. The fraction of sp³-hybridized carbons (Fsp3) is 0.455. The van der Waals surface area contributed by atoms with Crippen molar-refractivity contribution in [2.24, 2.45) is 0 Å². The molecule has 90 valence electrons. The first-order valence-electron chi connectivity index (χ1n) is 5.09. The third-order valence-electron chi connectivity index (χ3n) is 2.61. The van der Waals surface area contributed by atoms with Gasteiger partial charge in [-0.25, -0.2) is 0 Å². The molecule has 1 atom stereocenters. The maximum atomic E-state index is 5.99. The SMILES string of the molecule is COc1ccc(Cl)cc1[C@@H]1CNCCN1.Cl. The molecule has 0 saturated carbocycles. The number of hydrogen-bond acceptors (Lipinski definition) is 3. The van der Waals surface area contributed by atoms with Crippen molar-refractivity contribution >= 4 is 24.0 Å². The first-order chi connectivity index (χ1) is 7.31. The molecular weight excluding hydrogens is 247 g/mol. The van der Waals surface area contributed by atoms with Crippen LogP contribution in [0.5, 0.6) is 5.75 Å². The Kier molecular flexibility index (Phi) is 5.35. The van der Waals surface area contributed by atoms with Gasteiger partial charge in [-0.3, -0.25) is 0 Å². The molecular formula is C11H16Cl2N2O. The van der Waals surface area contributed by atoms with Gasteiger partial charge in [0.25, 0.3) is 0 Å². The van der Waals surface area contributed by atoms with E-state index in [0.29, 0.717) is 0 Å². The average molecular weight is 263 g/mol. The summed E-state index contributed by atoms with van der Waals surface area (Å²) in [7, 11) is 1.68. The van der Waals surface area contributed by atoms with Crippen LogP contribution in [-0.4, -0.2) is 26.7 Å². The van der Waals surface area contributed by atoms with Gasteiger partial charge < -0.3 is 15.4 Å². The van der Waals surface area contributed by atoms with Crippen LogP contribution in [0, 0.1) is 0 Å². The monoisotopic (exact) mass is 262 g/mol. The summed E-state index contributed by atoms with van der Waals surface area (Å²) in [6.45, 7) is 2.90. The quantitative estimate of drug-likeness (QED) is 0.856. The molecule has 0 bridgehead atoms. The van der Waals surface area contributed by atoms with Gasteiger partial charge in [0.2, 0.25) is 0 Å². The summed E-state index contributed by atoms with van der Waals surface area (Å²) in [5.41, 5.74) is 1.12. The highest BCUT2D eigenvalue weighted by Gasteiger charge is 2.18. The Hall–Kier alpha value is -0.480. The molecule has 1 aromatic carbocycles. The van der Waals surface area contributed by atoms with E-state index >= 15 is 0 Å². The maximum absolute atomic E-state index is 5.99.